The Morgan fingerprint density at radius 1 is 1.00 bits per heavy atom. The molecule has 0 saturated heterocycles. The molecule has 0 spiro atoms. The Morgan fingerprint density at radius 2 is 1.73 bits per heavy atom. The lowest BCUT2D eigenvalue weighted by atomic mass is 10.1. The average Bonchev–Trinajstić information content (AvgIpc) is 3.05. The molecule has 0 aliphatic rings. The summed E-state index contributed by atoms with van der Waals surface area (Å²) < 4.78 is 0. The molecule has 0 aliphatic carbocycles. The van der Waals surface area contributed by atoms with Crippen LogP contribution in [0.15, 0.2) is 60.8 Å². The van der Waals surface area contributed by atoms with Crippen molar-refractivity contribution >= 4 is 28.4 Å². The van der Waals surface area contributed by atoms with Gasteiger partial charge in [0.05, 0.1) is 0 Å². The maximum atomic E-state index is 12.1. The number of hydrogen-bond acceptors (Lipinski definition) is 2. The van der Waals surface area contributed by atoms with E-state index >= 15 is 0 Å². The summed E-state index contributed by atoms with van der Waals surface area (Å²) in [6.45, 7) is 2.55. The van der Waals surface area contributed by atoms with Crippen LogP contribution in [0.5, 0.6) is 0 Å². The minimum atomic E-state index is -0.0884. The van der Waals surface area contributed by atoms with Gasteiger partial charge in [-0.1, -0.05) is 36.4 Å². The van der Waals surface area contributed by atoms with Crippen LogP contribution in [0.4, 0.5) is 5.69 Å². The topological polar surface area (TPSA) is 65.2 Å². The van der Waals surface area contributed by atoms with Gasteiger partial charge >= 0.3 is 0 Å². The van der Waals surface area contributed by atoms with Crippen molar-refractivity contribution < 1.29 is 9.59 Å². The fraction of sp³-hybridized carbons (Fsp3) is 0.238. The number of H-pyrrole nitrogens is 1. The summed E-state index contributed by atoms with van der Waals surface area (Å²) in [6, 6.07) is 17.5. The number of amides is 2. The van der Waals surface area contributed by atoms with Crippen molar-refractivity contribution in [1.29, 1.82) is 0 Å². The smallest absolute Gasteiger partial charge is 0.226 e. The number of carbonyl (C=O) groups excluding carboxylic acids is 2. The highest BCUT2D eigenvalue weighted by Crippen LogP contribution is 2.18. The van der Waals surface area contributed by atoms with Gasteiger partial charge in [-0.05, 0) is 30.2 Å². The molecule has 0 atom stereocenters. The Morgan fingerprint density at radius 3 is 2.50 bits per heavy atom. The van der Waals surface area contributed by atoms with Gasteiger partial charge in [0.1, 0.15) is 0 Å². The van der Waals surface area contributed by atoms with Gasteiger partial charge in [0, 0.05) is 49.2 Å². The first-order valence-corrected chi connectivity index (χ1v) is 8.79. The van der Waals surface area contributed by atoms with E-state index in [1.807, 2.05) is 54.7 Å². The number of nitrogens with zero attached hydrogens (tertiary/aromatic N) is 1. The van der Waals surface area contributed by atoms with Crippen LogP contribution in [0, 0.1) is 0 Å². The van der Waals surface area contributed by atoms with E-state index in [-0.39, 0.29) is 18.2 Å². The summed E-state index contributed by atoms with van der Waals surface area (Å²) in [6.07, 6.45) is 3.03. The maximum Gasteiger partial charge on any atom is 0.226 e. The highest BCUT2D eigenvalue weighted by atomic mass is 16.2. The number of aromatic nitrogens is 1. The Kier molecular flexibility index (Phi) is 5.69. The van der Waals surface area contributed by atoms with Crippen LogP contribution < -0.4 is 5.32 Å². The third-order valence-corrected chi connectivity index (χ3v) is 4.44. The van der Waals surface area contributed by atoms with E-state index in [0.717, 1.165) is 17.6 Å². The van der Waals surface area contributed by atoms with Crippen molar-refractivity contribution in [3.63, 3.8) is 0 Å². The summed E-state index contributed by atoms with van der Waals surface area (Å²) >= 11 is 0. The zero-order valence-electron chi connectivity index (χ0n) is 14.9. The first-order valence-electron chi connectivity index (χ1n) is 8.79. The number of para-hydroxylation sites is 2. The van der Waals surface area contributed by atoms with Crippen molar-refractivity contribution in [3.05, 3.63) is 66.4 Å². The second-order valence-electron chi connectivity index (χ2n) is 6.28. The van der Waals surface area contributed by atoms with Gasteiger partial charge in [0.25, 0.3) is 0 Å². The maximum absolute atomic E-state index is 12.1. The predicted octanol–water partition coefficient (Wildman–Crippen LogP) is 3.59. The third-order valence-electron chi connectivity index (χ3n) is 4.44. The summed E-state index contributed by atoms with van der Waals surface area (Å²) in [5.74, 6) is -0.105. The zero-order valence-corrected chi connectivity index (χ0v) is 14.9. The molecular formula is C21H23N3O2. The fourth-order valence-electron chi connectivity index (χ4n) is 3.00. The lowest BCUT2D eigenvalue weighted by Crippen LogP contribution is -2.33. The van der Waals surface area contributed by atoms with Crippen LogP contribution in [0.3, 0.4) is 0 Å². The zero-order chi connectivity index (χ0) is 18.4. The second-order valence-corrected chi connectivity index (χ2v) is 6.28. The summed E-state index contributed by atoms with van der Waals surface area (Å²) in [5, 5.41) is 4.03. The van der Waals surface area contributed by atoms with Crippen LogP contribution in [0.1, 0.15) is 18.9 Å². The molecule has 134 valence electrons. The highest BCUT2D eigenvalue weighted by molar-refractivity contribution is 5.91. The Balaban J connectivity index is 1.54. The van der Waals surface area contributed by atoms with E-state index in [9.17, 15) is 9.59 Å². The van der Waals surface area contributed by atoms with E-state index in [4.69, 9.17) is 0 Å². The number of rotatable bonds is 7. The number of fused-ring (bicyclic) bond motifs is 1. The lowest BCUT2D eigenvalue weighted by molar-refractivity contribution is -0.129. The SMILES string of the molecule is CC(=O)N(CCC(=O)Nc1ccccc1)CCc1c[nH]c2ccccc12. The second kappa shape index (κ2) is 8.34. The first-order chi connectivity index (χ1) is 12.6. The molecule has 0 fully saturated rings. The average molecular weight is 349 g/mol. The molecular weight excluding hydrogens is 326 g/mol. The Bertz CT molecular complexity index is 886. The van der Waals surface area contributed by atoms with Crippen molar-refractivity contribution in [2.24, 2.45) is 0 Å². The third kappa shape index (κ3) is 4.51. The van der Waals surface area contributed by atoms with Gasteiger partial charge in [-0.2, -0.15) is 0 Å². The molecule has 3 rings (SSSR count). The number of benzene rings is 2. The van der Waals surface area contributed by atoms with Crippen LogP contribution in [-0.2, 0) is 16.0 Å². The molecule has 0 radical (unpaired) electrons. The van der Waals surface area contributed by atoms with Gasteiger partial charge in [0.2, 0.25) is 11.8 Å². The van der Waals surface area contributed by atoms with Crippen molar-refractivity contribution in [2.75, 3.05) is 18.4 Å². The van der Waals surface area contributed by atoms with E-state index in [1.165, 1.54) is 10.9 Å². The molecule has 5 heteroatoms. The first kappa shape index (κ1) is 17.7. The molecule has 2 aromatic carbocycles. The van der Waals surface area contributed by atoms with Gasteiger partial charge < -0.3 is 15.2 Å². The van der Waals surface area contributed by atoms with Crippen LogP contribution in [-0.4, -0.2) is 34.8 Å². The number of nitrogens with one attached hydrogen (secondary N) is 2. The molecule has 1 heterocycles. The quantitative estimate of drug-likeness (QED) is 0.685. The van der Waals surface area contributed by atoms with Crippen LogP contribution >= 0.6 is 0 Å². The number of carbonyl (C=O) groups is 2. The molecule has 0 saturated carbocycles. The van der Waals surface area contributed by atoms with E-state index < -0.39 is 0 Å². The summed E-state index contributed by atoms with van der Waals surface area (Å²) in [5.41, 5.74) is 3.05. The molecule has 2 N–H and O–H groups in total. The Labute approximate surface area is 153 Å². The molecule has 0 aliphatic heterocycles. The van der Waals surface area contributed by atoms with Gasteiger partial charge in [-0.15, -0.1) is 0 Å². The molecule has 0 unspecified atom stereocenters. The molecule has 1 aromatic heterocycles. The molecule has 3 aromatic rings. The van der Waals surface area contributed by atoms with Crippen molar-refractivity contribution in [1.82, 2.24) is 9.88 Å². The predicted molar refractivity (Wildman–Crippen MR) is 104 cm³/mol. The van der Waals surface area contributed by atoms with Crippen molar-refractivity contribution in [2.45, 2.75) is 19.8 Å². The van der Waals surface area contributed by atoms with Gasteiger partial charge in [-0.25, -0.2) is 0 Å². The molecule has 26 heavy (non-hydrogen) atoms. The number of anilines is 1. The Hall–Kier alpha value is -3.08. The summed E-state index contributed by atoms with van der Waals surface area (Å²) in [7, 11) is 0. The van der Waals surface area contributed by atoms with E-state index in [1.54, 1.807) is 11.8 Å². The number of aromatic amines is 1. The largest absolute Gasteiger partial charge is 0.361 e. The normalized spacial score (nSPS) is 10.7. The lowest BCUT2D eigenvalue weighted by Gasteiger charge is -2.20. The minimum Gasteiger partial charge on any atom is -0.361 e. The van der Waals surface area contributed by atoms with Crippen LogP contribution in [0.25, 0.3) is 10.9 Å². The summed E-state index contributed by atoms with van der Waals surface area (Å²) in [4.78, 5) is 29.0. The molecule has 2 amide bonds. The monoisotopic (exact) mass is 349 g/mol. The van der Waals surface area contributed by atoms with E-state index in [2.05, 4.69) is 16.4 Å². The molecule has 5 nitrogen and oxygen atoms in total. The van der Waals surface area contributed by atoms with Crippen LogP contribution in [0.2, 0.25) is 0 Å². The van der Waals surface area contributed by atoms with E-state index in [0.29, 0.717) is 13.1 Å². The highest BCUT2D eigenvalue weighted by Gasteiger charge is 2.13. The van der Waals surface area contributed by atoms with Gasteiger partial charge in [0.15, 0.2) is 0 Å². The fourth-order valence-corrected chi connectivity index (χ4v) is 3.00. The minimum absolute atomic E-state index is 0.0163. The van der Waals surface area contributed by atoms with Gasteiger partial charge in [-0.3, -0.25) is 9.59 Å². The van der Waals surface area contributed by atoms with Crippen molar-refractivity contribution in [3.8, 4) is 0 Å². The molecule has 0 bridgehead atoms. The standard InChI is InChI=1S/C21H23N3O2/c1-16(25)24(14-12-21(26)23-18-7-3-2-4-8-18)13-11-17-15-22-20-10-6-5-9-19(17)20/h2-10,15,22H,11-14H2,1H3,(H,23,26). The number of hydrogen-bond donors (Lipinski definition) is 2.